The van der Waals surface area contributed by atoms with Gasteiger partial charge < -0.3 is 15.1 Å². The number of carbonyl (C=O) groups excluding carboxylic acids is 2. The fourth-order valence-corrected chi connectivity index (χ4v) is 2.55. The third kappa shape index (κ3) is 4.45. The van der Waals surface area contributed by atoms with Crippen LogP contribution in [-0.4, -0.2) is 49.4 Å². The molecule has 1 unspecified atom stereocenters. The first-order valence-corrected chi connectivity index (χ1v) is 7.47. The van der Waals surface area contributed by atoms with Crippen molar-refractivity contribution in [1.82, 2.24) is 10.2 Å². The van der Waals surface area contributed by atoms with Gasteiger partial charge in [0.15, 0.2) is 0 Å². The molecule has 1 atom stereocenters. The molecule has 22 heavy (non-hydrogen) atoms. The summed E-state index contributed by atoms with van der Waals surface area (Å²) in [5.74, 6) is -0.0108. The number of hydrogen-bond donors (Lipinski definition) is 1. The number of halogens is 1. The molecule has 0 bridgehead atoms. The number of anilines is 1. The van der Waals surface area contributed by atoms with Crippen molar-refractivity contribution < 1.29 is 9.59 Å². The smallest absolute Gasteiger partial charge is 0.240 e. The van der Waals surface area contributed by atoms with Crippen LogP contribution in [-0.2, 0) is 9.59 Å². The molecule has 1 aromatic carbocycles. The second kappa shape index (κ2) is 8.76. The Morgan fingerprint density at radius 1 is 1.36 bits per heavy atom. The highest BCUT2D eigenvalue weighted by atomic mass is 35.5. The zero-order chi connectivity index (χ0) is 15.2. The summed E-state index contributed by atoms with van der Waals surface area (Å²) in [7, 11) is 1.74. The summed E-state index contributed by atoms with van der Waals surface area (Å²) < 4.78 is 0. The largest absolute Gasteiger partial charge is 0.340 e. The van der Waals surface area contributed by atoms with Gasteiger partial charge in [0.2, 0.25) is 11.8 Å². The molecule has 1 aliphatic rings. The van der Waals surface area contributed by atoms with Gasteiger partial charge in [-0.05, 0) is 18.6 Å². The van der Waals surface area contributed by atoms with E-state index in [0.717, 1.165) is 31.7 Å². The summed E-state index contributed by atoms with van der Waals surface area (Å²) >= 11 is 0. The molecule has 0 aliphatic carbocycles. The van der Waals surface area contributed by atoms with Gasteiger partial charge in [-0.1, -0.05) is 25.1 Å². The number of carbonyl (C=O) groups is 2. The highest BCUT2D eigenvalue weighted by Crippen LogP contribution is 2.14. The Morgan fingerprint density at radius 3 is 2.68 bits per heavy atom. The Labute approximate surface area is 138 Å². The molecule has 1 aromatic rings. The van der Waals surface area contributed by atoms with Gasteiger partial charge in [0.05, 0.1) is 12.5 Å². The van der Waals surface area contributed by atoms with E-state index >= 15 is 0 Å². The van der Waals surface area contributed by atoms with Gasteiger partial charge in [-0.3, -0.25) is 9.59 Å². The summed E-state index contributed by atoms with van der Waals surface area (Å²) in [6.45, 7) is 4.29. The average molecular weight is 326 g/mol. The van der Waals surface area contributed by atoms with Gasteiger partial charge >= 0.3 is 0 Å². The zero-order valence-corrected chi connectivity index (χ0v) is 13.9. The summed E-state index contributed by atoms with van der Waals surface area (Å²) in [4.78, 5) is 28.1. The Morgan fingerprint density at radius 2 is 2.05 bits per heavy atom. The highest BCUT2D eigenvalue weighted by Gasteiger charge is 2.30. The Kier molecular flexibility index (Phi) is 7.35. The lowest BCUT2D eigenvalue weighted by atomic mass is 10.1. The van der Waals surface area contributed by atoms with Crippen molar-refractivity contribution in [3.05, 3.63) is 30.3 Å². The third-order valence-electron chi connectivity index (χ3n) is 3.77. The van der Waals surface area contributed by atoms with Crippen LogP contribution < -0.4 is 10.2 Å². The lowest BCUT2D eigenvalue weighted by molar-refractivity contribution is -0.137. The minimum Gasteiger partial charge on any atom is -0.340 e. The van der Waals surface area contributed by atoms with Crippen LogP contribution in [0.5, 0.6) is 0 Å². The maximum absolute atomic E-state index is 12.3. The molecule has 122 valence electrons. The number of nitrogens with one attached hydrogen (secondary N) is 1. The van der Waals surface area contributed by atoms with Crippen LogP contribution in [0.4, 0.5) is 5.69 Å². The number of hydrogen-bond acceptors (Lipinski definition) is 3. The summed E-state index contributed by atoms with van der Waals surface area (Å²) in [5, 5.41) is 3.16. The molecule has 2 rings (SSSR count). The van der Waals surface area contributed by atoms with Crippen LogP contribution in [0.25, 0.3) is 0 Å². The van der Waals surface area contributed by atoms with E-state index in [-0.39, 0.29) is 30.6 Å². The van der Waals surface area contributed by atoms with Gasteiger partial charge in [0, 0.05) is 32.4 Å². The maximum atomic E-state index is 12.3. The number of amides is 2. The monoisotopic (exact) mass is 325 g/mol. The zero-order valence-electron chi connectivity index (χ0n) is 13.1. The second-order valence-corrected chi connectivity index (χ2v) is 5.32. The van der Waals surface area contributed by atoms with E-state index in [0.29, 0.717) is 0 Å². The topological polar surface area (TPSA) is 52.7 Å². The van der Waals surface area contributed by atoms with E-state index in [1.54, 1.807) is 11.9 Å². The highest BCUT2D eigenvalue weighted by molar-refractivity contribution is 5.97. The van der Waals surface area contributed by atoms with Crippen LogP contribution >= 0.6 is 12.4 Å². The van der Waals surface area contributed by atoms with Crippen LogP contribution in [0.2, 0.25) is 0 Å². The van der Waals surface area contributed by atoms with Crippen LogP contribution in [0.1, 0.15) is 19.8 Å². The molecule has 0 radical (unpaired) electrons. The van der Waals surface area contributed by atoms with E-state index in [1.165, 1.54) is 0 Å². The minimum absolute atomic E-state index is 0. The maximum Gasteiger partial charge on any atom is 0.240 e. The SMILES string of the molecule is CCCN1CCNC(CC(=O)N(C)c2ccccc2)C1=O.Cl. The first-order chi connectivity index (χ1) is 10.1. The van der Waals surface area contributed by atoms with Crippen molar-refractivity contribution in [2.45, 2.75) is 25.8 Å². The molecule has 1 heterocycles. The molecule has 2 amide bonds. The lowest BCUT2D eigenvalue weighted by Gasteiger charge is -2.33. The van der Waals surface area contributed by atoms with Crippen molar-refractivity contribution in [2.24, 2.45) is 0 Å². The van der Waals surface area contributed by atoms with Gasteiger partial charge in [0.1, 0.15) is 0 Å². The predicted octanol–water partition coefficient (Wildman–Crippen LogP) is 1.67. The first kappa shape index (κ1) is 18.5. The number of nitrogens with zero attached hydrogens (tertiary/aromatic N) is 2. The van der Waals surface area contributed by atoms with Crippen LogP contribution in [0.3, 0.4) is 0 Å². The predicted molar refractivity (Wildman–Crippen MR) is 90.4 cm³/mol. The molecular weight excluding hydrogens is 302 g/mol. The van der Waals surface area contributed by atoms with Gasteiger partial charge in [-0.25, -0.2) is 0 Å². The number of para-hydroxylation sites is 1. The standard InChI is InChI=1S/C16H23N3O2.ClH/c1-3-10-19-11-9-17-14(16(19)21)12-15(20)18(2)13-7-5-4-6-8-13;/h4-8,14,17H,3,9-12H2,1-2H3;1H. The lowest BCUT2D eigenvalue weighted by Crippen LogP contribution is -2.56. The molecule has 5 nitrogen and oxygen atoms in total. The van der Waals surface area contributed by atoms with E-state index in [4.69, 9.17) is 0 Å². The number of piperazine rings is 1. The fourth-order valence-electron chi connectivity index (χ4n) is 2.55. The van der Waals surface area contributed by atoms with E-state index in [2.05, 4.69) is 12.2 Å². The Balaban J connectivity index is 0.00000242. The van der Waals surface area contributed by atoms with Crippen molar-refractivity contribution in [3.63, 3.8) is 0 Å². The molecule has 1 N–H and O–H groups in total. The quantitative estimate of drug-likeness (QED) is 0.896. The Hall–Kier alpha value is -1.59. The molecule has 1 aliphatic heterocycles. The van der Waals surface area contributed by atoms with Gasteiger partial charge in [0.25, 0.3) is 0 Å². The number of rotatable bonds is 5. The molecular formula is C16H24ClN3O2. The van der Waals surface area contributed by atoms with Crippen molar-refractivity contribution >= 4 is 29.9 Å². The third-order valence-corrected chi connectivity index (χ3v) is 3.77. The number of benzene rings is 1. The summed E-state index contributed by atoms with van der Waals surface area (Å²) in [5.41, 5.74) is 0.844. The van der Waals surface area contributed by atoms with E-state index < -0.39 is 6.04 Å². The fraction of sp³-hybridized carbons (Fsp3) is 0.500. The molecule has 1 fully saturated rings. The normalized spacial score (nSPS) is 17.8. The minimum atomic E-state index is -0.399. The molecule has 0 saturated carbocycles. The van der Waals surface area contributed by atoms with Gasteiger partial charge in [-0.15, -0.1) is 12.4 Å². The second-order valence-electron chi connectivity index (χ2n) is 5.32. The summed E-state index contributed by atoms with van der Waals surface area (Å²) in [6.07, 6.45) is 1.14. The Bertz CT molecular complexity index is 493. The molecule has 1 saturated heterocycles. The first-order valence-electron chi connectivity index (χ1n) is 7.47. The average Bonchev–Trinajstić information content (AvgIpc) is 2.51. The van der Waals surface area contributed by atoms with Gasteiger partial charge in [-0.2, -0.15) is 0 Å². The summed E-state index contributed by atoms with van der Waals surface area (Å²) in [6, 6.07) is 9.08. The van der Waals surface area contributed by atoms with E-state index in [9.17, 15) is 9.59 Å². The van der Waals surface area contributed by atoms with Crippen molar-refractivity contribution in [3.8, 4) is 0 Å². The van der Waals surface area contributed by atoms with E-state index in [1.807, 2.05) is 35.2 Å². The molecule has 0 aromatic heterocycles. The van der Waals surface area contributed by atoms with Crippen molar-refractivity contribution in [2.75, 3.05) is 31.6 Å². The van der Waals surface area contributed by atoms with Crippen LogP contribution in [0, 0.1) is 0 Å². The molecule has 6 heteroatoms. The molecule has 0 spiro atoms. The van der Waals surface area contributed by atoms with Crippen molar-refractivity contribution in [1.29, 1.82) is 0 Å². The van der Waals surface area contributed by atoms with Crippen LogP contribution in [0.15, 0.2) is 30.3 Å².